The van der Waals surface area contributed by atoms with Crippen molar-refractivity contribution in [3.63, 3.8) is 0 Å². The van der Waals surface area contributed by atoms with E-state index in [2.05, 4.69) is 20.9 Å². The summed E-state index contributed by atoms with van der Waals surface area (Å²) in [5.41, 5.74) is 0. The van der Waals surface area contributed by atoms with Crippen molar-refractivity contribution in [2.75, 3.05) is 0 Å². The Morgan fingerprint density at radius 1 is 1.75 bits per heavy atom. The van der Waals surface area contributed by atoms with E-state index in [9.17, 15) is 0 Å². The van der Waals surface area contributed by atoms with Crippen LogP contribution in [0.2, 0.25) is 0 Å². The Bertz CT molecular complexity index is 132. The average Bonchev–Trinajstić information content (AvgIpc) is 1.83. The van der Waals surface area contributed by atoms with Gasteiger partial charge in [0.1, 0.15) is 0 Å². The van der Waals surface area contributed by atoms with Gasteiger partial charge < -0.3 is 0 Å². The van der Waals surface area contributed by atoms with Gasteiger partial charge >= 0.3 is 66.9 Å². The van der Waals surface area contributed by atoms with Crippen LogP contribution in [-0.2, 0) is 19.4 Å². The number of hydrogen-bond acceptors (Lipinski definition) is 2. The van der Waals surface area contributed by atoms with Gasteiger partial charge in [0.2, 0.25) is 0 Å². The predicted molar refractivity (Wildman–Crippen MR) is 34.2 cm³/mol. The Labute approximate surface area is 66.9 Å². The molecule has 0 aromatic heterocycles. The van der Waals surface area contributed by atoms with Gasteiger partial charge in [-0.25, -0.2) is 0 Å². The van der Waals surface area contributed by atoms with Gasteiger partial charge in [-0.05, 0) is 0 Å². The number of nitrogens with zero attached hydrogens (tertiary/aromatic N) is 1. The third-order valence-electron chi connectivity index (χ3n) is 0.365. The molecular weight excluding hydrogens is 342 g/mol. The summed E-state index contributed by atoms with van der Waals surface area (Å²) in [6.07, 6.45) is 2.52. The first kappa shape index (κ1) is 8.25. The Hall–Kier alpha value is 0.248. The maximum absolute atomic E-state index is 8.23. The molecule has 4 heteroatoms. The second kappa shape index (κ2) is 5.39. The zero-order chi connectivity index (χ0) is 6.41. The van der Waals surface area contributed by atoms with Crippen molar-refractivity contribution < 1.29 is 24.5 Å². The van der Waals surface area contributed by atoms with Gasteiger partial charge in [0.25, 0.3) is 0 Å². The van der Waals surface area contributed by atoms with Crippen molar-refractivity contribution in [2.24, 2.45) is 4.99 Å². The molecule has 0 aliphatic rings. The normalized spacial score (nSPS) is 12.4. The fraction of sp³-hybridized carbons (Fsp3) is 0. The van der Waals surface area contributed by atoms with E-state index < -0.39 is 0 Å². The quantitative estimate of drug-likeness (QED) is 0.455. The SMILES string of the molecule is OC=C(Br)/N=C\[CH]=[W]. The molecule has 0 aromatic rings. The van der Waals surface area contributed by atoms with Gasteiger partial charge in [-0.1, -0.05) is 0 Å². The van der Waals surface area contributed by atoms with Crippen LogP contribution in [0.15, 0.2) is 15.9 Å². The van der Waals surface area contributed by atoms with Crippen LogP contribution in [0.3, 0.4) is 0 Å². The van der Waals surface area contributed by atoms with E-state index in [0.29, 0.717) is 4.61 Å². The molecule has 0 atom stereocenters. The zero-order valence-corrected chi connectivity index (χ0v) is 8.43. The number of hydrogen-bond donors (Lipinski definition) is 1. The molecule has 0 saturated heterocycles. The van der Waals surface area contributed by atoms with Crippen molar-refractivity contribution in [3.05, 3.63) is 10.9 Å². The van der Waals surface area contributed by atoms with Gasteiger partial charge in [-0.15, -0.1) is 0 Å². The molecule has 0 rings (SSSR count). The van der Waals surface area contributed by atoms with Crippen molar-refractivity contribution in [3.8, 4) is 0 Å². The molecule has 44 valence electrons. The van der Waals surface area contributed by atoms with Crippen LogP contribution in [-0.4, -0.2) is 15.7 Å². The van der Waals surface area contributed by atoms with Crippen LogP contribution in [0.25, 0.3) is 0 Å². The van der Waals surface area contributed by atoms with Gasteiger partial charge in [0, 0.05) is 0 Å². The molecule has 1 N–H and O–H groups in total. The summed E-state index contributed by atoms with van der Waals surface area (Å²) in [5.74, 6) is 0. The third kappa shape index (κ3) is 4.41. The number of halogens is 1. The molecule has 0 amide bonds. The first-order valence-electron chi connectivity index (χ1n) is 1.79. The number of aliphatic imine (C=N–C) groups is 1. The van der Waals surface area contributed by atoms with Gasteiger partial charge in [0.05, 0.1) is 0 Å². The van der Waals surface area contributed by atoms with Crippen molar-refractivity contribution in [2.45, 2.75) is 0 Å². The van der Waals surface area contributed by atoms with Gasteiger partial charge in [-0.3, -0.25) is 0 Å². The minimum atomic E-state index is 0.440. The minimum absolute atomic E-state index is 0.440. The van der Waals surface area contributed by atoms with E-state index in [0.717, 1.165) is 6.26 Å². The first-order chi connectivity index (χ1) is 3.81. The Morgan fingerprint density at radius 2 is 2.38 bits per heavy atom. The fourth-order valence-electron chi connectivity index (χ4n) is 0.135. The molecule has 0 aliphatic heterocycles. The molecule has 0 heterocycles. The van der Waals surface area contributed by atoms with E-state index in [-0.39, 0.29) is 0 Å². The average molecular weight is 346 g/mol. The first-order valence-corrected chi connectivity index (χ1v) is 4.27. The van der Waals surface area contributed by atoms with Crippen molar-refractivity contribution >= 4 is 26.5 Å². The summed E-state index contributed by atoms with van der Waals surface area (Å²) in [6.45, 7) is 0. The van der Waals surface area contributed by atoms with Crippen molar-refractivity contribution in [1.29, 1.82) is 0 Å². The summed E-state index contributed by atoms with van der Waals surface area (Å²) in [5, 5.41) is 8.23. The molecule has 2 nitrogen and oxygen atoms in total. The second-order valence-electron chi connectivity index (χ2n) is 0.866. The molecule has 8 heavy (non-hydrogen) atoms. The van der Waals surface area contributed by atoms with Gasteiger partial charge in [0.15, 0.2) is 0 Å². The van der Waals surface area contributed by atoms with Crippen molar-refractivity contribution in [1.82, 2.24) is 0 Å². The van der Waals surface area contributed by atoms with Crippen LogP contribution in [0.4, 0.5) is 0 Å². The van der Waals surface area contributed by atoms with E-state index in [1.165, 1.54) is 19.4 Å². The summed E-state index contributed by atoms with van der Waals surface area (Å²) < 4.78 is 2.29. The zero-order valence-electron chi connectivity index (χ0n) is 3.91. The van der Waals surface area contributed by atoms with E-state index in [1.54, 1.807) is 6.21 Å². The molecule has 0 bridgehead atoms. The Balaban J connectivity index is 3.69. The van der Waals surface area contributed by atoms with Crippen LogP contribution in [0, 0.1) is 0 Å². The van der Waals surface area contributed by atoms with Crippen LogP contribution < -0.4 is 0 Å². The molecule has 0 spiro atoms. The number of rotatable bonds is 2. The molecule has 0 aromatic carbocycles. The molecular formula is C4H4BrNOW. The number of aliphatic hydroxyl groups is 1. The van der Waals surface area contributed by atoms with E-state index in [1.807, 2.05) is 4.40 Å². The van der Waals surface area contributed by atoms with Crippen LogP contribution in [0.1, 0.15) is 0 Å². The van der Waals surface area contributed by atoms with E-state index >= 15 is 0 Å². The second-order valence-corrected chi connectivity index (χ2v) is 2.66. The monoisotopic (exact) mass is 345 g/mol. The molecule has 0 saturated carbocycles. The molecule has 0 aliphatic carbocycles. The third-order valence-corrected chi connectivity index (χ3v) is 1.21. The summed E-state index contributed by atoms with van der Waals surface area (Å²) in [4.78, 5) is 3.73. The Kier molecular flexibility index (Phi) is 5.55. The summed E-state index contributed by atoms with van der Waals surface area (Å²) in [7, 11) is 0. The molecule has 0 unspecified atom stereocenters. The standard InChI is InChI=1S/C4H4BrNO.W/c1-2-6-4(5)3-7;/h1-3,7H;/b4-3?,6-2-;. The Morgan fingerprint density at radius 3 is 2.75 bits per heavy atom. The summed E-state index contributed by atoms with van der Waals surface area (Å²) in [6, 6.07) is 0. The van der Waals surface area contributed by atoms with Crippen LogP contribution in [0.5, 0.6) is 0 Å². The topological polar surface area (TPSA) is 32.6 Å². The van der Waals surface area contributed by atoms with Crippen LogP contribution >= 0.6 is 15.9 Å². The fourth-order valence-corrected chi connectivity index (χ4v) is 0.472. The molecule has 0 fully saturated rings. The predicted octanol–water partition coefficient (Wildman–Crippen LogP) is 1.16. The van der Waals surface area contributed by atoms with Gasteiger partial charge in [-0.2, -0.15) is 0 Å². The van der Waals surface area contributed by atoms with E-state index in [4.69, 9.17) is 5.11 Å². The number of aliphatic hydroxyl groups excluding tert-OH is 1. The molecule has 0 radical (unpaired) electrons. The maximum atomic E-state index is 8.23. The summed E-state index contributed by atoms with van der Waals surface area (Å²) >= 11 is 4.32.